The number of nitrogens with zero attached hydrogens (tertiary/aromatic N) is 2. The summed E-state index contributed by atoms with van der Waals surface area (Å²) in [5.74, 6) is 0.218. The minimum atomic E-state index is -0.624. The van der Waals surface area contributed by atoms with E-state index in [2.05, 4.69) is 16.5 Å². The van der Waals surface area contributed by atoms with Crippen molar-refractivity contribution in [2.45, 2.75) is 44.6 Å². The average molecular weight is 316 g/mol. The maximum Gasteiger partial charge on any atom is 0.195 e. The lowest BCUT2D eigenvalue weighted by Gasteiger charge is -2.28. The number of rotatable bonds is 7. The molecular formula is C18H24N2O3. The molecule has 1 fully saturated rings. The molecule has 0 N–H and O–H groups in total. The largest absolute Gasteiger partial charge is 0.497 e. The number of aromatic nitrogens is 2. The number of imidazole rings is 1. The van der Waals surface area contributed by atoms with Crippen molar-refractivity contribution < 1.29 is 14.2 Å². The predicted octanol–water partition coefficient (Wildman–Crippen LogP) is 3.35. The standard InChI is InChI=1S/C18H24N2O3/c1-15-13-22-18(23-15,16-5-7-17(21-2)8-6-16)9-3-4-11-20-12-10-19-14-20/h5-8,10,12,14-15H,3-4,9,11,13H2,1-2H3. The van der Waals surface area contributed by atoms with E-state index in [1.165, 1.54) is 0 Å². The quantitative estimate of drug-likeness (QED) is 0.735. The van der Waals surface area contributed by atoms with E-state index < -0.39 is 5.79 Å². The molecular weight excluding hydrogens is 292 g/mol. The Hall–Kier alpha value is -1.85. The zero-order chi connectivity index (χ0) is 16.1. The molecule has 2 aromatic rings. The van der Waals surface area contributed by atoms with E-state index in [0.29, 0.717) is 6.61 Å². The van der Waals surface area contributed by atoms with Crippen molar-refractivity contribution in [2.24, 2.45) is 0 Å². The molecule has 1 aliphatic rings. The van der Waals surface area contributed by atoms with Gasteiger partial charge in [0.2, 0.25) is 0 Å². The maximum atomic E-state index is 6.16. The second-order valence-corrected chi connectivity index (χ2v) is 5.98. The fourth-order valence-corrected chi connectivity index (χ4v) is 2.99. The molecule has 3 rings (SSSR count). The van der Waals surface area contributed by atoms with Crippen LogP contribution < -0.4 is 4.74 Å². The predicted molar refractivity (Wildman–Crippen MR) is 87.2 cm³/mol. The Morgan fingerprint density at radius 1 is 1.30 bits per heavy atom. The van der Waals surface area contributed by atoms with Crippen LogP contribution in [0, 0.1) is 0 Å². The van der Waals surface area contributed by atoms with E-state index in [1.54, 1.807) is 7.11 Å². The maximum absolute atomic E-state index is 6.16. The van der Waals surface area contributed by atoms with Crippen molar-refractivity contribution in [3.63, 3.8) is 0 Å². The molecule has 1 saturated heterocycles. The smallest absolute Gasteiger partial charge is 0.195 e. The molecule has 5 heteroatoms. The molecule has 124 valence electrons. The number of methoxy groups -OCH3 is 1. The third-order valence-electron chi connectivity index (χ3n) is 4.20. The highest BCUT2D eigenvalue weighted by Gasteiger charge is 2.41. The van der Waals surface area contributed by atoms with Crippen molar-refractivity contribution in [2.75, 3.05) is 13.7 Å². The molecule has 2 heterocycles. The molecule has 0 bridgehead atoms. The number of aryl methyl sites for hydroxylation is 1. The summed E-state index contributed by atoms with van der Waals surface area (Å²) in [6.45, 7) is 3.65. The first-order chi connectivity index (χ1) is 11.2. The zero-order valence-electron chi connectivity index (χ0n) is 13.8. The Labute approximate surface area is 137 Å². The highest BCUT2D eigenvalue weighted by Crippen LogP contribution is 2.39. The van der Waals surface area contributed by atoms with Crippen molar-refractivity contribution in [3.8, 4) is 5.75 Å². The van der Waals surface area contributed by atoms with Crippen LogP contribution >= 0.6 is 0 Å². The monoisotopic (exact) mass is 316 g/mol. The summed E-state index contributed by atoms with van der Waals surface area (Å²) in [6, 6.07) is 7.98. The molecule has 23 heavy (non-hydrogen) atoms. The molecule has 2 atom stereocenters. The topological polar surface area (TPSA) is 45.5 Å². The molecule has 0 radical (unpaired) electrons. The van der Waals surface area contributed by atoms with Gasteiger partial charge in [-0.25, -0.2) is 4.98 Å². The van der Waals surface area contributed by atoms with Crippen molar-refractivity contribution in [1.29, 1.82) is 0 Å². The third kappa shape index (κ3) is 3.74. The number of ether oxygens (including phenoxy) is 3. The van der Waals surface area contributed by atoms with Gasteiger partial charge in [0.25, 0.3) is 0 Å². The molecule has 1 aliphatic heterocycles. The minimum Gasteiger partial charge on any atom is -0.497 e. The first-order valence-corrected chi connectivity index (χ1v) is 8.14. The Morgan fingerprint density at radius 2 is 2.13 bits per heavy atom. The van der Waals surface area contributed by atoms with Crippen molar-refractivity contribution in [3.05, 3.63) is 48.5 Å². The average Bonchev–Trinajstić information content (AvgIpc) is 3.22. The lowest BCUT2D eigenvalue weighted by Crippen LogP contribution is -2.28. The van der Waals surface area contributed by atoms with Crippen LogP contribution in [0.3, 0.4) is 0 Å². The molecule has 1 aromatic carbocycles. The minimum absolute atomic E-state index is 0.116. The summed E-state index contributed by atoms with van der Waals surface area (Å²) < 4.78 is 19.6. The molecule has 0 spiro atoms. The van der Waals surface area contributed by atoms with E-state index in [1.807, 2.05) is 43.0 Å². The zero-order valence-corrected chi connectivity index (χ0v) is 13.8. The normalized spacial score (nSPS) is 24.0. The van der Waals surface area contributed by atoms with Gasteiger partial charge in [-0.2, -0.15) is 0 Å². The lowest BCUT2D eigenvalue weighted by atomic mass is 9.99. The van der Waals surface area contributed by atoms with Gasteiger partial charge in [0.15, 0.2) is 5.79 Å². The second-order valence-electron chi connectivity index (χ2n) is 5.98. The SMILES string of the molecule is COc1ccc(C2(CCCCn3ccnc3)OCC(C)O2)cc1. The van der Waals surface area contributed by atoms with Gasteiger partial charge in [-0.1, -0.05) is 0 Å². The van der Waals surface area contributed by atoms with Gasteiger partial charge in [-0.15, -0.1) is 0 Å². The highest BCUT2D eigenvalue weighted by molar-refractivity contribution is 5.30. The van der Waals surface area contributed by atoms with Gasteiger partial charge in [-0.05, 0) is 44.0 Å². The van der Waals surface area contributed by atoms with Crippen LogP contribution in [0.5, 0.6) is 5.75 Å². The van der Waals surface area contributed by atoms with E-state index in [0.717, 1.165) is 37.1 Å². The molecule has 0 aliphatic carbocycles. The van der Waals surface area contributed by atoms with E-state index in [9.17, 15) is 0 Å². The van der Waals surface area contributed by atoms with Crippen LogP contribution in [0.25, 0.3) is 0 Å². The molecule has 0 saturated carbocycles. The fraction of sp³-hybridized carbons (Fsp3) is 0.500. The molecule has 0 amide bonds. The van der Waals surface area contributed by atoms with Crippen LogP contribution in [0.4, 0.5) is 0 Å². The lowest BCUT2D eigenvalue weighted by molar-refractivity contribution is -0.181. The highest BCUT2D eigenvalue weighted by atomic mass is 16.7. The van der Waals surface area contributed by atoms with Crippen LogP contribution in [-0.4, -0.2) is 29.4 Å². The van der Waals surface area contributed by atoms with Crippen LogP contribution in [0.15, 0.2) is 43.0 Å². The summed E-state index contributed by atoms with van der Waals surface area (Å²) in [5.41, 5.74) is 1.06. The van der Waals surface area contributed by atoms with Gasteiger partial charge in [-0.3, -0.25) is 0 Å². The fourth-order valence-electron chi connectivity index (χ4n) is 2.99. The number of benzene rings is 1. The van der Waals surface area contributed by atoms with Crippen LogP contribution in [-0.2, 0) is 21.8 Å². The van der Waals surface area contributed by atoms with Gasteiger partial charge in [0.1, 0.15) is 5.75 Å². The first kappa shape index (κ1) is 16.0. The Morgan fingerprint density at radius 3 is 2.74 bits per heavy atom. The Balaban J connectivity index is 1.64. The third-order valence-corrected chi connectivity index (χ3v) is 4.20. The van der Waals surface area contributed by atoms with E-state index in [4.69, 9.17) is 14.2 Å². The number of hydrogen-bond acceptors (Lipinski definition) is 4. The van der Waals surface area contributed by atoms with E-state index in [-0.39, 0.29) is 6.10 Å². The molecule has 5 nitrogen and oxygen atoms in total. The van der Waals surface area contributed by atoms with Crippen molar-refractivity contribution >= 4 is 0 Å². The summed E-state index contributed by atoms with van der Waals surface area (Å²) in [4.78, 5) is 4.07. The van der Waals surface area contributed by atoms with Gasteiger partial charge < -0.3 is 18.8 Å². The summed E-state index contributed by atoms with van der Waals surface area (Å²) >= 11 is 0. The second kappa shape index (κ2) is 7.15. The number of unbranched alkanes of at least 4 members (excludes halogenated alkanes) is 1. The number of hydrogen-bond donors (Lipinski definition) is 0. The van der Waals surface area contributed by atoms with Crippen molar-refractivity contribution in [1.82, 2.24) is 9.55 Å². The summed E-state index contributed by atoms with van der Waals surface area (Å²) in [7, 11) is 1.67. The van der Waals surface area contributed by atoms with Gasteiger partial charge in [0, 0.05) is 30.9 Å². The Kier molecular flexibility index (Phi) is 4.98. The molecule has 1 aromatic heterocycles. The van der Waals surface area contributed by atoms with Gasteiger partial charge >= 0.3 is 0 Å². The van der Waals surface area contributed by atoms with Crippen LogP contribution in [0.2, 0.25) is 0 Å². The first-order valence-electron chi connectivity index (χ1n) is 8.14. The summed E-state index contributed by atoms with van der Waals surface area (Å²) in [5, 5.41) is 0. The molecule has 2 unspecified atom stereocenters. The van der Waals surface area contributed by atoms with Crippen LogP contribution in [0.1, 0.15) is 31.7 Å². The summed E-state index contributed by atoms with van der Waals surface area (Å²) in [6.07, 6.45) is 8.70. The Bertz CT molecular complexity index is 597. The van der Waals surface area contributed by atoms with Gasteiger partial charge in [0.05, 0.1) is 26.1 Å². The van der Waals surface area contributed by atoms with E-state index >= 15 is 0 Å².